The summed E-state index contributed by atoms with van der Waals surface area (Å²) < 4.78 is 16.2. The first-order valence-electron chi connectivity index (χ1n) is 19.7. The molecule has 0 spiro atoms. The highest BCUT2D eigenvalue weighted by Gasteiger charge is 2.53. The van der Waals surface area contributed by atoms with Crippen LogP contribution in [0.1, 0.15) is 114 Å². The van der Waals surface area contributed by atoms with Crippen LogP contribution in [0.3, 0.4) is 0 Å². The SMILES string of the molecule is Cc1cc(C)c(-c2cc(Oc3cc(-n4c5ccc(C(C)(C)C)cc5c5cccnc54)cc(C(C)(C)C)c3)cc(C3=N[C@]4(C)CCCC[C@]4(C)O3)c2)c(C)c1. The zero-order valence-electron chi connectivity index (χ0n) is 34.1. The van der Waals surface area contributed by atoms with Gasteiger partial charge in [0.1, 0.15) is 28.3 Å². The summed E-state index contributed by atoms with van der Waals surface area (Å²) in [4.78, 5) is 10.3. The van der Waals surface area contributed by atoms with Gasteiger partial charge in [-0.25, -0.2) is 9.98 Å². The number of pyridine rings is 1. The molecule has 2 aliphatic rings. The van der Waals surface area contributed by atoms with Crippen LogP contribution in [0.5, 0.6) is 11.5 Å². The van der Waals surface area contributed by atoms with Gasteiger partial charge in [0.2, 0.25) is 5.90 Å². The summed E-state index contributed by atoms with van der Waals surface area (Å²) in [5.41, 5.74) is 11.9. The van der Waals surface area contributed by atoms with Gasteiger partial charge in [0.25, 0.3) is 0 Å². The maximum atomic E-state index is 7.03. The highest BCUT2D eigenvalue weighted by molar-refractivity contribution is 6.08. The fourth-order valence-corrected chi connectivity index (χ4v) is 8.86. The van der Waals surface area contributed by atoms with E-state index in [9.17, 15) is 0 Å². The molecule has 0 N–H and O–H groups in total. The van der Waals surface area contributed by atoms with E-state index in [4.69, 9.17) is 19.5 Å². The molecule has 0 amide bonds. The molecule has 1 fully saturated rings. The molecule has 5 nitrogen and oxygen atoms in total. The molecule has 0 bridgehead atoms. The van der Waals surface area contributed by atoms with Crippen molar-refractivity contribution in [3.8, 4) is 28.3 Å². The van der Waals surface area contributed by atoms with E-state index in [1.807, 2.05) is 12.3 Å². The number of aliphatic imine (C=N–C) groups is 1. The smallest absolute Gasteiger partial charge is 0.217 e. The van der Waals surface area contributed by atoms with Gasteiger partial charge in [-0.1, -0.05) is 71.7 Å². The maximum absolute atomic E-state index is 7.03. The van der Waals surface area contributed by atoms with Crippen LogP contribution in [0.15, 0.2) is 90.1 Å². The summed E-state index contributed by atoms with van der Waals surface area (Å²) in [6.45, 7) is 24.6. The molecule has 1 aliphatic heterocycles. The minimum Gasteiger partial charge on any atom is -0.469 e. The van der Waals surface area contributed by atoms with Crippen LogP contribution in [-0.2, 0) is 15.6 Å². The maximum Gasteiger partial charge on any atom is 0.217 e. The Balaban J connectivity index is 1.30. The van der Waals surface area contributed by atoms with Crippen LogP contribution in [-0.4, -0.2) is 26.6 Å². The van der Waals surface area contributed by atoms with Crippen molar-refractivity contribution < 1.29 is 9.47 Å². The van der Waals surface area contributed by atoms with Crippen molar-refractivity contribution in [1.29, 1.82) is 0 Å². The fraction of sp³-hybridized carbons (Fsp3) is 0.388. The number of fused-ring (bicyclic) bond motifs is 4. The topological polar surface area (TPSA) is 48.6 Å². The molecule has 0 unspecified atom stereocenters. The molecule has 4 aromatic carbocycles. The summed E-state index contributed by atoms with van der Waals surface area (Å²) in [5.74, 6) is 2.24. The van der Waals surface area contributed by atoms with E-state index in [-0.39, 0.29) is 22.0 Å². The van der Waals surface area contributed by atoms with Gasteiger partial charge in [0.05, 0.1) is 11.2 Å². The van der Waals surface area contributed by atoms with Gasteiger partial charge >= 0.3 is 0 Å². The molecule has 5 heteroatoms. The first-order chi connectivity index (χ1) is 25.4. The molecule has 0 saturated heterocycles. The van der Waals surface area contributed by atoms with Crippen molar-refractivity contribution in [2.75, 3.05) is 0 Å². The van der Waals surface area contributed by atoms with Crippen molar-refractivity contribution >= 4 is 27.8 Å². The normalized spacial score (nSPS) is 20.2. The zero-order valence-corrected chi connectivity index (χ0v) is 34.1. The van der Waals surface area contributed by atoms with Crippen LogP contribution in [0.2, 0.25) is 0 Å². The number of ether oxygens (including phenoxy) is 2. The van der Waals surface area contributed by atoms with Gasteiger partial charge in [-0.2, -0.15) is 0 Å². The van der Waals surface area contributed by atoms with Crippen molar-refractivity contribution in [3.63, 3.8) is 0 Å². The Hall–Kier alpha value is -4.90. The summed E-state index contributed by atoms with van der Waals surface area (Å²) in [5, 5.41) is 2.35. The monoisotopic (exact) mass is 717 g/mol. The second-order valence-electron chi connectivity index (χ2n) is 18.5. The average Bonchev–Trinajstić information content (AvgIpc) is 3.57. The molecule has 6 aromatic rings. The molecular formula is C49H55N3O2. The lowest BCUT2D eigenvalue weighted by atomic mass is 9.72. The Bertz CT molecular complexity index is 2470. The molecule has 1 saturated carbocycles. The predicted octanol–water partition coefficient (Wildman–Crippen LogP) is 13.0. The summed E-state index contributed by atoms with van der Waals surface area (Å²) in [6.07, 6.45) is 6.27. The van der Waals surface area contributed by atoms with Gasteiger partial charge in [-0.15, -0.1) is 0 Å². The lowest BCUT2D eigenvalue weighted by Crippen LogP contribution is -2.49. The standard InChI is InChI=1S/C49H55N3O2/c1-30-21-31(2)43(32(3)22-30)33-23-34(45-51-48(10)18-12-13-19-49(48,11)54-45)25-38(24-33)53-39-27-36(47(7,8)9)26-37(29-39)52-42-17-16-35(46(4,5)6)28-41(42)40-15-14-20-50-44(40)52/h14-17,20-29H,12-13,18-19H2,1-11H3/t48-,49+/m1/s1. The average molecular weight is 718 g/mol. The van der Waals surface area contributed by atoms with Gasteiger partial charge in [-0.05, 0) is 153 Å². The van der Waals surface area contributed by atoms with Crippen LogP contribution in [0, 0.1) is 20.8 Å². The Morgan fingerprint density at radius 2 is 1.39 bits per heavy atom. The number of nitrogens with zero attached hydrogens (tertiary/aromatic N) is 3. The second-order valence-corrected chi connectivity index (χ2v) is 18.5. The number of aryl methyl sites for hydroxylation is 3. The summed E-state index contributed by atoms with van der Waals surface area (Å²) in [7, 11) is 0. The minimum atomic E-state index is -0.312. The van der Waals surface area contributed by atoms with Crippen LogP contribution >= 0.6 is 0 Å². The zero-order chi connectivity index (χ0) is 38.4. The van der Waals surface area contributed by atoms with E-state index in [1.54, 1.807) is 0 Å². The van der Waals surface area contributed by atoms with E-state index in [0.717, 1.165) is 64.1 Å². The van der Waals surface area contributed by atoms with Crippen LogP contribution in [0.25, 0.3) is 38.8 Å². The molecular weight excluding hydrogens is 663 g/mol. The third-order valence-corrected chi connectivity index (χ3v) is 12.1. The Morgan fingerprint density at radius 3 is 2.09 bits per heavy atom. The van der Waals surface area contributed by atoms with Crippen LogP contribution < -0.4 is 4.74 Å². The molecule has 54 heavy (non-hydrogen) atoms. The number of hydrogen-bond acceptors (Lipinski definition) is 4. The first-order valence-corrected chi connectivity index (χ1v) is 19.7. The van der Waals surface area contributed by atoms with Crippen molar-refractivity contribution in [2.24, 2.45) is 4.99 Å². The lowest BCUT2D eigenvalue weighted by molar-refractivity contribution is 0.000928. The Morgan fingerprint density at radius 1 is 0.704 bits per heavy atom. The van der Waals surface area contributed by atoms with Gasteiger partial charge < -0.3 is 9.47 Å². The van der Waals surface area contributed by atoms with Crippen molar-refractivity contribution in [2.45, 2.75) is 124 Å². The molecule has 8 rings (SSSR count). The highest BCUT2D eigenvalue weighted by atomic mass is 16.5. The minimum absolute atomic E-state index is 0.0313. The first kappa shape index (κ1) is 36.1. The largest absolute Gasteiger partial charge is 0.469 e. The van der Waals surface area contributed by atoms with Gasteiger partial charge in [-0.3, -0.25) is 4.57 Å². The van der Waals surface area contributed by atoms with E-state index in [1.165, 1.54) is 45.2 Å². The van der Waals surface area contributed by atoms with Crippen molar-refractivity contribution in [3.05, 3.63) is 118 Å². The van der Waals surface area contributed by atoms with Gasteiger partial charge in [0, 0.05) is 28.6 Å². The fourth-order valence-electron chi connectivity index (χ4n) is 8.86. The molecule has 0 radical (unpaired) electrons. The van der Waals surface area contributed by atoms with Crippen LogP contribution in [0.4, 0.5) is 0 Å². The van der Waals surface area contributed by atoms with E-state index < -0.39 is 0 Å². The number of rotatable bonds is 5. The third-order valence-electron chi connectivity index (χ3n) is 12.1. The second kappa shape index (κ2) is 12.6. The third kappa shape index (κ3) is 6.20. The lowest BCUT2D eigenvalue weighted by Gasteiger charge is -2.41. The van der Waals surface area contributed by atoms with Gasteiger partial charge in [0.15, 0.2) is 0 Å². The summed E-state index contributed by atoms with van der Waals surface area (Å²) >= 11 is 0. The van der Waals surface area contributed by atoms with Crippen molar-refractivity contribution in [1.82, 2.24) is 9.55 Å². The van der Waals surface area contributed by atoms with E-state index >= 15 is 0 Å². The van der Waals surface area contributed by atoms with E-state index in [0.29, 0.717) is 5.90 Å². The Kier molecular flexibility index (Phi) is 8.41. The molecule has 2 aromatic heterocycles. The molecule has 3 heterocycles. The summed E-state index contributed by atoms with van der Waals surface area (Å²) in [6, 6.07) is 28.8. The Labute approximate surface area is 321 Å². The van der Waals surface area contributed by atoms with E-state index in [2.05, 4.69) is 154 Å². The number of hydrogen-bond donors (Lipinski definition) is 0. The number of benzene rings is 4. The molecule has 278 valence electrons. The quantitative estimate of drug-likeness (QED) is 0.178. The highest BCUT2D eigenvalue weighted by Crippen LogP contribution is 2.48. The number of aromatic nitrogens is 2. The molecule has 2 atom stereocenters. The molecule has 1 aliphatic carbocycles. The predicted molar refractivity (Wildman–Crippen MR) is 225 cm³/mol.